The Labute approximate surface area is 129 Å². The molecular formula is C15H21N3O4. The highest BCUT2D eigenvalue weighted by Crippen LogP contribution is 2.43. The topological polar surface area (TPSA) is 85.7 Å². The van der Waals surface area contributed by atoms with Crippen molar-refractivity contribution in [1.82, 2.24) is 9.97 Å². The smallest absolute Gasteiger partial charge is 0.205 e. The predicted octanol–water partition coefficient (Wildman–Crippen LogP) is 1.84. The van der Waals surface area contributed by atoms with Gasteiger partial charge in [-0.3, -0.25) is 0 Å². The number of anilines is 1. The Hall–Kier alpha value is -2.28. The number of fused-ring (bicyclic) bond motifs is 1. The van der Waals surface area contributed by atoms with Crippen LogP contribution in [-0.2, 0) is 0 Å². The Morgan fingerprint density at radius 3 is 2.32 bits per heavy atom. The first-order valence-corrected chi connectivity index (χ1v) is 6.80. The van der Waals surface area contributed by atoms with Crippen LogP contribution in [0.15, 0.2) is 12.4 Å². The quantitative estimate of drug-likeness (QED) is 0.842. The lowest BCUT2D eigenvalue weighted by atomic mass is 10.1. The van der Waals surface area contributed by atoms with Crippen molar-refractivity contribution < 1.29 is 19.3 Å². The molecule has 0 amide bonds. The van der Waals surface area contributed by atoms with Gasteiger partial charge in [-0.1, -0.05) is 0 Å². The SMILES string of the molecule is COc1cc2c(NC(C)(C)CO)ncnc2c(OC)c1OC. The summed E-state index contributed by atoms with van der Waals surface area (Å²) >= 11 is 0. The van der Waals surface area contributed by atoms with Crippen molar-refractivity contribution in [2.75, 3.05) is 33.3 Å². The Morgan fingerprint density at radius 2 is 1.77 bits per heavy atom. The Balaban J connectivity index is 2.71. The third kappa shape index (κ3) is 2.85. The van der Waals surface area contributed by atoms with E-state index < -0.39 is 5.54 Å². The lowest BCUT2D eigenvalue weighted by Crippen LogP contribution is -2.35. The van der Waals surface area contributed by atoms with E-state index in [2.05, 4.69) is 15.3 Å². The molecule has 2 aromatic rings. The second-order valence-corrected chi connectivity index (χ2v) is 5.43. The molecule has 0 spiro atoms. The summed E-state index contributed by atoms with van der Waals surface area (Å²) in [6, 6.07) is 1.78. The van der Waals surface area contributed by atoms with Crippen LogP contribution < -0.4 is 19.5 Å². The van der Waals surface area contributed by atoms with E-state index in [1.54, 1.807) is 27.4 Å². The first kappa shape index (κ1) is 16.1. The number of rotatable bonds is 6. The summed E-state index contributed by atoms with van der Waals surface area (Å²) in [7, 11) is 4.64. The molecule has 0 unspecified atom stereocenters. The number of methoxy groups -OCH3 is 3. The number of aromatic nitrogens is 2. The lowest BCUT2D eigenvalue weighted by Gasteiger charge is -2.25. The molecule has 1 heterocycles. The van der Waals surface area contributed by atoms with Gasteiger partial charge in [0.2, 0.25) is 5.75 Å². The molecule has 0 atom stereocenters. The molecule has 22 heavy (non-hydrogen) atoms. The molecule has 0 radical (unpaired) electrons. The number of nitrogens with zero attached hydrogens (tertiary/aromatic N) is 2. The molecule has 0 aliphatic carbocycles. The van der Waals surface area contributed by atoms with Gasteiger partial charge in [-0.15, -0.1) is 0 Å². The maximum atomic E-state index is 9.44. The number of hydrogen-bond donors (Lipinski definition) is 2. The average molecular weight is 307 g/mol. The van der Waals surface area contributed by atoms with E-state index >= 15 is 0 Å². The van der Waals surface area contributed by atoms with Gasteiger partial charge < -0.3 is 24.6 Å². The fraction of sp³-hybridized carbons (Fsp3) is 0.467. The second kappa shape index (κ2) is 6.23. The minimum absolute atomic E-state index is 0.0388. The minimum Gasteiger partial charge on any atom is -0.493 e. The molecule has 0 aliphatic heterocycles. The van der Waals surface area contributed by atoms with Gasteiger partial charge in [0.05, 0.1) is 38.9 Å². The fourth-order valence-electron chi connectivity index (χ4n) is 2.12. The Bertz CT molecular complexity index is 673. The van der Waals surface area contributed by atoms with Gasteiger partial charge in [0.25, 0.3) is 0 Å². The van der Waals surface area contributed by atoms with Crippen LogP contribution in [0, 0.1) is 0 Å². The largest absolute Gasteiger partial charge is 0.493 e. The second-order valence-electron chi connectivity index (χ2n) is 5.43. The molecule has 2 rings (SSSR count). The highest BCUT2D eigenvalue weighted by molar-refractivity contribution is 5.96. The molecule has 7 heteroatoms. The molecule has 1 aromatic carbocycles. The first-order valence-electron chi connectivity index (χ1n) is 6.80. The van der Waals surface area contributed by atoms with E-state index in [1.807, 2.05) is 13.8 Å². The summed E-state index contributed by atoms with van der Waals surface area (Å²) in [6.45, 7) is 3.71. The molecule has 0 bridgehead atoms. The summed E-state index contributed by atoms with van der Waals surface area (Å²) < 4.78 is 16.1. The van der Waals surface area contributed by atoms with E-state index in [0.717, 1.165) is 5.39 Å². The van der Waals surface area contributed by atoms with Gasteiger partial charge in [0.15, 0.2) is 11.5 Å². The average Bonchev–Trinajstić information content (AvgIpc) is 2.52. The molecule has 1 aromatic heterocycles. The highest BCUT2D eigenvalue weighted by atomic mass is 16.5. The number of aliphatic hydroxyl groups is 1. The zero-order valence-corrected chi connectivity index (χ0v) is 13.4. The molecule has 120 valence electrons. The van der Waals surface area contributed by atoms with Crippen molar-refractivity contribution in [3.8, 4) is 17.2 Å². The summed E-state index contributed by atoms with van der Waals surface area (Å²) in [5.74, 6) is 2.06. The number of nitrogens with one attached hydrogen (secondary N) is 1. The normalized spacial score (nSPS) is 11.4. The first-order chi connectivity index (χ1) is 10.5. The minimum atomic E-state index is -0.526. The number of benzene rings is 1. The number of hydrogen-bond acceptors (Lipinski definition) is 7. The predicted molar refractivity (Wildman–Crippen MR) is 84.0 cm³/mol. The molecule has 0 saturated heterocycles. The van der Waals surface area contributed by atoms with Crippen molar-refractivity contribution in [3.63, 3.8) is 0 Å². The van der Waals surface area contributed by atoms with Crippen molar-refractivity contribution >= 4 is 16.7 Å². The maximum Gasteiger partial charge on any atom is 0.205 e. The van der Waals surface area contributed by atoms with Gasteiger partial charge in [-0.2, -0.15) is 0 Å². The standard InChI is InChI=1S/C15H21N3O4/c1-15(2,7-19)18-14-9-6-10(20-3)12(21-4)13(22-5)11(9)16-8-17-14/h6,8,19H,7H2,1-5H3,(H,16,17,18). The van der Waals surface area contributed by atoms with Crippen LogP contribution in [0.2, 0.25) is 0 Å². The van der Waals surface area contributed by atoms with Crippen molar-refractivity contribution in [1.29, 1.82) is 0 Å². The zero-order chi connectivity index (χ0) is 16.3. The van der Waals surface area contributed by atoms with Crippen LogP contribution in [-0.4, -0.2) is 48.5 Å². The van der Waals surface area contributed by atoms with Gasteiger partial charge in [-0.25, -0.2) is 9.97 Å². The molecule has 0 aliphatic rings. The van der Waals surface area contributed by atoms with Gasteiger partial charge in [-0.05, 0) is 19.9 Å². The molecule has 7 nitrogen and oxygen atoms in total. The Morgan fingerprint density at radius 1 is 1.09 bits per heavy atom. The lowest BCUT2D eigenvalue weighted by molar-refractivity contribution is 0.234. The van der Waals surface area contributed by atoms with Crippen LogP contribution in [0.3, 0.4) is 0 Å². The van der Waals surface area contributed by atoms with E-state index in [-0.39, 0.29) is 6.61 Å². The third-order valence-corrected chi connectivity index (χ3v) is 3.28. The van der Waals surface area contributed by atoms with Crippen LogP contribution in [0.4, 0.5) is 5.82 Å². The number of aliphatic hydroxyl groups excluding tert-OH is 1. The zero-order valence-electron chi connectivity index (χ0n) is 13.4. The molecule has 0 saturated carbocycles. The van der Waals surface area contributed by atoms with Crippen LogP contribution in [0.5, 0.6) is 17.2 Å². The number of ether oxygens (including phenoxy) is 3. The molecule has 2 N–H and O–H groups in total. The third-order valence-electron chi connectivity index (χ3n) is 3.28. The fourth-order valence-corrected chi connectivity index (χ4v) is 2.12. The molecule has 0 fully saturated rings. The van der Waals surface area contributed by atoms with Gasteiger partial charge >= 0.3 is 0 Å². The highest BCUT2D eigenvalue weighted by Gasteiger charge is 2.22. The van der Waals surface area contributed by atoms with E-state index in [1.165, 1.54) is 6.33 Å². The van der Waals surface area contributed by atoms with Crippen molar-refractivity contribution in [2.45, 2.75) is 19.4 Å². The van der Waals surface area contributed by atoms with Crippen LogP contribution in [0.1, 0.15) is 13.8 Å². The summed E-state index contributed by atoms with van der Waals surface area (Å²) in [6.07, 6.45) is 1.44. The van der Waals surface area contributed by atoms with Crippen LogP contribution in [0.25, 0.3) is 10.9 Å². The van der Waals surface area contributed by atoms with E-state index in [4.69, 9.17) is 14.2 Å². The van der Waals surface area contributed by atoms with Gasteiger partial charge in [0, 0.05) is 0 Å². The van der Waals surface area contributed by atoms with Crippen molar-refractivity contribution in [2.24, 2.45) is 0 Å². The van der Waals surface area contributed by atoms with Crippen molar-refractivity contribution in [3.05, 3.63) is 12.4 Å². The van der Waals surface area contributed by atoms with Gasteiger partial charge in [0.1, 0.15) is 17.7 Å². The molecular weight excluding hydrogens is 286 g/mol. The van der Waals surface area contributed by atoms with E-state index in [0.29, 0.717) is 28.6 Å². The summed E-state index contributed by atoms with van der Waals surface area (Å²) in [5, 5.41) is 13.4. The summed E-state index contributed by atoms with van der Waals surface area (Å²) in [4.78, 5) is 8.54. The summed E-state index contributed by atoms with van der Waals surface area (Å²) in [5.41, 5.74) is 0.0770. The monoisotopic (exact) mass is 307 g/mol. The van der Waals surface area contributed by atoms with E-state index in [9.17, 15) is 5.11 Å². The van der Waals surface area contributed by atoms with Crippen LogP contribution >= 0.6 is 0 Å². The maximum absolute atomic E-state index is 9.44. The Kier molecular flexibility index (Phi) is 4.56.